The molecule has 1 N–H and O–H groups in total. The molecular formula is C13H18N2OS. The highest BCUT2D eigenvalue weighted by atomic mass is 32.1. The molecule has 4 heteroatoms. The van der Waals surface area contributed by atoms with Crippen molar-refractivity contribution in [3.8, 4) is 0 Å². The van der Waals surface area contributed by atoms with E-state index in [2.05, 4.69) is 22.9 Å². The van der Waals surface area contributed by atoms with Gasteiger partial charge in [0.1, 0.15) is 0 Å². The molecule has 1 heterocycles. The molecule has 0 aliphatic heterocycles. The Kier molecular flexibility index (Phi) is 3.72. The number of nitrogens with one attached hydrogen (secondary N) is 1. The number of hydrogen-bond acceptors (Lipinski definition) is 3. The molecule has 1 saturated carbocycles. The highest BCUT2D eigenvalue weighted by Crippen LogP contribution is 2.49. The van der Waals surface area contributed by atoms with E-state index >= 15 is 0 Å². The fourth-order valence-electron chi connectivity index (χ4n) is 1.86. The van der Waals surface area contributed by atoms with Gasteiger partial charge in [-0.3, -0.25) is 9.78 Å². The van der Waals surface area contributed by atoms with Gasteiger partial charge in [-0.05, 0) is 42.6 Å². The van der Waals surface area contributed by atoms with Crippen LogP contribution >= 0.6 is 12.6 Å². The second kappa shape index (κ2) is 5.08. The van der Waals surface area contributed by atoms with Gasteiger partial charge in [-0.15, -0.1) is 0 Å². The van der Waals surface area contributed by atoms with E-state index in [0.29, 0.717) is 13.0 Å². The van der Waals surface area contributed by atoms with Crippen LogP contribution in [0.1, 0.15) is 30.5 Å². The Balaban J connectivity index is 1.82. The molecule has 0 saturated heterocycles. The van der Waals surface area contributed by atoms with Crippen LogP contribution in [0.5, 0.6) is 0 Å². The first-order valence-corrected chi connectivity index (χ1v) is 6.56. The third kappa shape index (κ3) is 3.22. The number of thiol groups is 1. The predicted octanol–water partition coefficient (Wildman–Crippen LogP) is 2.11. The number of carbonyl (C=O) groups is 1. The molecule has 1 aromatic heterocycles. The third-order valence-electron chi connectivity index (χ3n) is 3.40. The van der Waals surface area contributed by atoms with E-state index in [-0.39, 0.29) is 11.3 Å². The van der Waals surface area contributed by atoms with Crippen LogP contribution in [0.15, 0.2) is 18.3 Å². The lowest BCUT2D eigenvalue weighted by Gasteiger charge is -2.12. The van der Waals surface area contributed by atoms with Crippen molar-refractivity contribution < 1.29 is 4.79 Å². The highest BCUT2D eigenvalue weighted by Gasteiger charge is 2.42. The molecule has 92 valence electrons. The average Bonchev–Trinajstić information content (AvgIpc) is 3.08. The van der Waals surface area contributed by atoms with E-state index in [1.165, 1.54) is 0 Å². The first kappa shape index (κ1) is 12.4. The topological polar surface area (TPSA) is 42.0 Å². The Hall–Kier alpha value is -1.03. The molecule has 1 aliphatic carbocycles. The Morgan fingerprint density at radius 3 is 2.94 bits per heavy atom. The van der Waals surface area contributed by atoms with Crippen molar-refractivity contribution in [3.63, 3.8) is 0 Å². The third-order valence-corrected chi connectivity index (χ3v) is 4.07. The van der Waals surface area contributed by atoms with E-state index in [4.69, 9.17) is 0 Å². The van der Waals surface area contributed by atoms with Crippen molar-refractivity contribution in [3.05, 3.63) is 29.6 Å². The van der Waals surface area contributed by atoms with E-state index in [1.54, 1.807) is 6.20 Å². The number of nitrogens with zero attached hydrogens (tertiary/aromatic N) is 1. The van der Waals surface area contributed by atoms with Crippen LogP contribution in [0.2, 0.25) is 0 Å². The zero-order valence-corrected chi connectivity index (χ0v) is 11.0. The van der Waals surface area contributed by atoms with Crippen molar-refractivity contribution in [2.45, 2.75) is 32.7 Å². The van der Waals surface area contributed by atoms with Gasteiger partial charge in [0.05, 0.1) is 12.2 Å². The van der Waals surface area contributed by atoms with Gasteiger partial charge in [0.2, 0.25) is 5.91 Å². The number of aryl methyl sites for hydroxylation is 1. The summed E-state index contributed by atoms with van der Waals surface area (Å²) >= 11 is 4.30. The zero-order chi connectivity index (χ0) is 12.3. The van der Waals surface area contributed by atoms with Crippen molar-refractivity contribution in [1.82, 2.24) is 10.3 Å². The van der Waals surface area contributed by atoms with Crippen molar-refractivity contribution in [2.24, 2.45) is 5.41 Å². The molecule has 0 spiro atoms. The molecule has 1 fully saturated rings. The lowest BCUT2D eigenvalue weighted by atomic mass is 10.1. The van der Waals surface area contributed by atoms with Gasteiger partial charge in [0.25, 0.3) is 0 Å². The summed E-state index contributed by atoms with van der Waals surface area (Å²) in [5.74, 6) is 0.921. The van der Waals surface area contributed by atoms with Crippen molar-refractivity contribution >= 4 is 18.5 Å². The predicted molar refractivity (Wildman–Crippen MR) is 71.0 cm³/mol. The van der Waals surface area contributed by atoms with Gasteiger partial charge >= 0.3 is 0 Å². The van der Waals surface area contributed by atoms with Gasteiger partial charge in [0, 0.05) is 12.6 Å². The van der Waals surface area contributed by atoms with Gasteiger partial charge < -0.3 is 5.32 Å². The molecule has 0 unspecified atom stereocenters. The molecule has 1 amide bonds. The molecule has 3 nitrogen and oxygen atoms in total. The quantitative estimate of drug-likeness (QED) is 0.786. The molecule has 0 bridgehead atoms. The maximum Gasteiger partial charge on any atom is 0.220 e. The number of hydrogen-bond donors (Lipinski definition) is 2. The van der Waals surface area contributed by atoms with E-state index in [9.17, 15) is 4.79 Å². The Labute approximate surface area is 107 Å². The minimum Gasteiger partial charge on any atom is -0.350 e. The zero-order valence-electron chi connectivity index (χ0n) is 10.1. The smallest absolute Gasteiger partial charge is 0.220 e. The lowest BCUT2D eigenvalue weighted by Crippen LogP contribution is -2.26. The summed E-state index contributed by atoms with van der Waals surface area (Å²) < 4.78 is 0. The molecule has 0 radical (unpaired) electrons. The second-order valence-electron chi connectivity index (χ2n) is 4.88. The monoisotopic (exact) mass is 250 g/mol. The van der Waals surface area contributed by atoms with Crippen LogP contribution in [0, 0.1) is 12.3 Å². The Bertz CT molecular complexity index is 416. The number of amides is 1. The fourth-order valence-corrected chi connectivity index (χ4v) is 2.28. The van der Waals surface area contributed by atoms with Crippen molar-refractivity contribution in [2.75, 3.05) is 5.75 Å². The van der Waals surface area contributed by atoms with Crippen LogP contribution in [-0.2, 0) is 11.3 Å². The van der Waals surface area contributed by atoms with Crippen LogP contribution in [0.25, 0.3) is 0 Å². The largest absolute Gasteiger partial charge is 0.350 e. The maximum atomic E-state index is 11.8. The minimum absolute atomic E-state index is 0.113. The van der Waals surface area contributed by atoms with E-state index < -0.39 is 0 Å². The maximum absolute atomic E-state index is 11.8. The lowest BCUT2D eigenvalue weighted by molar-refractivity contribution is -0.122. The summed E-state index contributed by atoms with van der Waals surface area (Å²) in [7, 11) is 0. The summed E-state index contributed by atoms with van der Waals surface area (Å²) in [5.41, 5.74) is 2.24. The summed E-state index contributed by atoms with van der Waals surface area (Å²) in [6.07, 6.45) is 4.62. The first-order valence-electron chi connectivity index (χ1n) is 5.93. The second-order valence-corrected chi connectivity index (χ2v) is 5.19. The molecular weight excluding hydrogens is 232 g/mol. The van der Waals surface area contributed by atoms with Gasteiger partial charge in [-0.1, -0.05) is 6.07 Å². The summed E-state index contributed by atoms with van der Waals surface area (Å²) in [6, 6.07) is 3.91. The number of pyridine rings is 1. The number of aromatic nitrogens is 1. The van der Waals surface area contributed by atoms with Crippen LogP contribution in [0.4, 0.5) is 0 Å². The molecule has 1 aliphatic rings. The Morgan fingerprint density at radius 1 is 1.59 bits per heavy atom. The standard InChI is InChI=1S/C13H18N2OS/c1-10-3-2-6-14-11(10)8-15-12(16)7-13(9-17)4-5-13/h2-3,6,17H,4-5,7-9H2,1H3,(H,15,16). The summed E-state index contributed by atoms with van der Waals surface area (Å²) in [5, 5.41) is 2.93. The van der Waals surface area contributed by atoms with Gasteiger partial charge in [-0.2, -0.15) is 12.6 Å². The first-order chi connectivity index (χ1) is 8.15. The van der Waals surface area contributed by atoms with E-state index in [0.717, 1.165) is 29.9 Å². The molecule has 17 heavy (non-hydrogen) atoms. The molecule has 1 aromatic rings. The van der Waals surface area contributed by atoms with Crippen LogP contribution < -0.4 is 5.32 Å². The van der Waals surface area contributed by atoms with Crippen LogP contribution in [-0.4, -0.2) is 16.6 Å². The number of rotatable bonds is 5. The summed E-state index contributed by atoms with van der Waals surface area (Å²) in [6.45, 7) is 2.53. The minimum atomic E-state index is 0.113. The SMILES string of the molecule is Cc1cccnc1CNC(=O)CC1(CS)CC1. The molecule has 2 rings (SSSR count). The average molecular weight is 250 g/mol. The molecule has 0 atom stereocenters. The Morgan fingerprint density at radius 2 is 2.35 bits per heavy atom. The summed E-state index contributed by atoms with van der Waals surface area (Å²) in [4.78, 5) is 16.0. The van der Waals surface area contributed by atoms with Crippen LogP contribution in [0.3, 0.4) is 0 Å². The fraction of sp³-hybridized carbons (Fsp3) is 0.538. The van der Waals surface area contributed by atoms with E-state index in [1.807, 2.05) is 19.1 Å². The van der Waals surface area contributed by atoms with Crippen molar-refractivity contribution in [1.29, 1.82) is 0 Å². The normalized spacial score (nSPS) is 16.6. The highest BCUT2D eigenvalue weighted by molar-refractivity contribution is 7.80. The van der Waals surface area contributed by atoms with Gasteiger partial charge in [-0.25, -0.2) is 0 Å². The van der Waals surface area contributed by atoms with Gasteiger partial charge in [0.15, 0.2) is 0 Å². The molecule has 0 aromatic carbocycles. The number of carbonyl (C=O) groups excluding carboxylic acids is 1.